The van der Waals surface area contributed by atoms with Gasteiger partial charge < -0.3 is 19.7 Å². The molecule has 4 nitrogen and oxygen atoms in total. The summed E-state index contributed by atoms with van der Waals surface area (Å²) in [5.41, 5.74) is 2.35. The van der Waals surface area contributed by atoms with Gasteiger partial charge in [0.05, 0.1) is 19.4 Å². The molecule has 1 aromatic carbocycles. The average Bonchev–Trinajstić information content (AvgIpc) is 2.39. The van der Waals surface area contributed by atoms with Crippen LogP contribution in [-0.4, -0.2) is 45.4 Å². The van der Waals surface area contributed by atoms with Gasteiger partial charge in [-0.05, 0) is 44.6 Å². The van der Waals surface area contributed by atoms with E-state index in [-0.39, 0.29) is 0 Å². The minimum atomic E-state index is 0.386. The summed E-state index contributed by atoms with van der Waals surface area (Å²) in [6.07, 6.45) is 2.28. The first-order valence-corrected chi connectivity index (χ1v) is 6.85. The van der Waals surface area contributed by atoms with E-state index in [1.54, 1.807) is 7.11 Å². The highest BCUT2D eigenvalue weighted by molar-refractivity contribution is 5.58. The van der Waals surface area contributed by atoms with Gasteiger partial charge >= 0.3 is 0 Å². The monoisotopic (exact) mass is 264 g/mol. The summed E-state index contributed by atoms with van der Waals surface area (Å²) in [7, 11) is 5.86. The molecule has 19 heavy (non-hydrogen) atoms. The third kappa shape index (κ3) is 4.11. The van der Waals surface area contributed by atoms with Crippen LogP contribution < -0.4 is 10.1 Å². The Bertz CT molecular complexity index is 401. The second-order valence-corrected chi connectivity index (χ2v) is 5.33. The zero-order valence-electron chi connectivity index (χ0n) is 12.1. The van der Waals surface area contributed by atoms with Crippen molar-refractivity contribution in [2.24, 2.45) is 0 Å². The predicted octanol–water partition coefficient (Wildman–Crippen LogP) is 2.35. The second kappa shape index (κ2) is 6.78. The molecule has 106 valence electrons. The van der Waals surface area contributed by atoms with Crippen LogP contribution in [0.2, 0.25) is 0 Å². The van der Waals surface area contributed by atoms with Crippen molar-refractivity contribution in [3.63, 3.8) is 0 Å². The van der Waals surface area contributed by atoms with Crippen molar-refractivity contribution in [3.8, 4) is 5.75 Å². The molecular formula is C15H24N2O2. The van der Waals surface area contributed by atoms with E-state index in [0.717, 1.165) is 44.0 Å². The zero-order chi connectivity index (χ0) is 13.7. The van der Waals surface area contributed by atoms with Gasteiger partial charge in [-0.25, -0.2) is 0 Å². The Morgan fingerprint density at radius 3 is 2.89 bits per heavy atom. The van der Waals surface area contributed by atoms with E-state index in [1.807, 2.05) is 6.07 Å². The van der Waals surface area contributed by atoms with Crippen molar-refractivity contribution in [2.45, 2.75) is 25.4 Å². The molecule has 1 aromatic rings. The number of rotatable bonds is 5. The number of ether oxygens (including phenoxy) is 2. The summed E-state index contributed by atoms with van der Waals surface area (Å²) >= 11 is 0. The standard InChI is InChI=1S/C15H24N2O2/c1-17(2)10-12-6-7-15(18-3)14(9-12)16-13-5-4-8-19-11-13/h6-7,9,13,16H,4-5,8,10-11H2,1-3H3. The molecule has 0 aliphatic carbocycles. The van der Waals surface area contributed by atoms with Crippen molar-refractivity contribution >= 4 is 5.69 Å². The first-order valence-electron chi connectivity index (χ1n) is 6.85. The minimum Gasteiger partial charge on any atom is -0.495 e. The topological polar surface area (TPSA) is 33.7 Å². The van der Waals surface area contributed by atoms with Crippen LogP contribution in [-0.2, 0) is 11.3 Å². The fourth-order valence-corrected chi connectivity index (χ4v) is 2.41. The highest BCUT2D eigenvalue weighted by atomic mass is 16.5. The van der Waals surface area contributed by atoms with E-state index >= 15 is 0 Å². The van der Waals surface area contributed by atoms with Crippen LogP contribution in [0.4, 0.5) is 5.69 Å². The summed E-state index contributed by atoms with van der Waals surface area (Å²) in [6.45, 7) is 2.59. The summed E-state index contributed by atoms with van der Waals surface area (Å²) in [6, 6.07) is 6.71. The van der Waals surface area contributed by atoms with Gasteiger partial charge in [0.2, 0.25) is 0 Å². The molecule has 1 aliphatic rings. The van der Waals surface area contributed by atoms with Crippen LogP contribution in [0.15, 0.2) is 18.2 Å². The Morgan fingerprint density at radius 1 is 1.42 bits per heavy atom. The lowest BCUT2D eigenvalue weighted by Gasteiger charge is -2.25. The maximum Gasteiger partial charge on any atom is 0.141 e. The normalized spacial score (nSPS) is 19.5. The number of hydrogen-bond acceptors (Lipinski definition) is 4. The van der Waals surface area contributed by atoms with Crippen molar-refractivity contribution < 1.29 is 9.47 Å². The zero-order valence-corrected chi connectivity index (χ0v) is 12.1. The van der Waals surface area contributed by atoms with E-state index < -0.39 is 0 Å². The number of methoxy groups -OCH3 is 1. The summed E-state index contributed by atoms with van der Waals surface area (Å²) < 4.78 is 10.9. The van der Waals surface area contributed by atoms with Crippen molar-refractivity contribution in [1.29, 1.82) is 0 Å². The summed E-state index contributed by atoms with van der Waals surface area (Å²) in [5.74, 6) is 0.896. The van der Waals surface area contributed by atoms with Gasteiger partial charge in [-0.2, -0.15) is 0 Å². The first-order chi connectivity index (χ1) is 9.19. The SMILES string of the molecule is COc1ccc(CN(C)C)cc1NC1CCCOC1. The van der Waals surface area contributed by atoms with Crippen LogP contribution in [0.1, 0.15) is 18.4 Å². The molecule has 1 fully saturated rings. The number of nitrogens with zero attached hydrogens (tertiary/aromatic N) is 1. The number of anilines is 1. The van der Waals surface area contributed by atoms with Crippen LogP contribution in [0.3, 0.4) is 0 Å². The molecule has 4 heteroatoms. The Hall–Kier alpha value is -1.26. The molecule has 1 aliphatic heterocycles. The average molecular weight is 264 g/mol. The van der Waals surface area contributed by atoms with Gasteiger partial charge in [0.1, 0.15) is 5.75 Å². The van der Waals surface area contributed by atoms with E-state index in [1.165, 1.54) is 5.56 Å². The van der Waals surface area contributed by atoms with E-state index in [2.05, 4.69) is 36.4 Å². The van der Waals surface area contributed by atoms with Gasteiger partial charge in [0.25, 0.3) is 0 Å². The van der Waals surface area contributed by atoms with Crippen molar-refractivity contribution in [1.82, 2.24) is 4.90 Å². The van der Waals surface area contributed by atoms with Gasteiger partial charge in [-0.3, -0.25) is 0 Å². The summed E-state index contributed by atoms with van der Waals surface area (Å²) in [5, 5.41) is 3.55. The molecule has 1 N–H and O–H groups in total. The Labute approximate surface area is 115 Å². The van der Waals surface area contributed by atoms with Gasteiger partial charge in [-0.1, -0.05) is 6.07 Å². The van der Waals surface area contributed by atoms with Crippen LogP contribution in [0, 0.1) is 0 Å². The largest absolute Gasteiger partial charge is 0.495 e. The highest BCUT2D eigenvalue weighted by Gasteiger charge is 2.15. The van der Waals surface area contributed by atoms with E-state index in [0.29, 0.717) is 6.04 Å². The maximum atomic E-state index is 5.51. The molecule has 1 atom stereocenters. The van der Waals surface area contributed by atoms with Crippen molar-refractivity contribution in [2.75, 3.05) is 39.7 Å². The highest BCUT2D eigenvalue weighted by Crippen LogP contribution is 2.27. The van der Waals surface area contributed by atoms with Crippen LogP contribution in [0.5, 0.6) is 5.75 Å². The lowest BCUT2D eigenvalue weighted by Crippen LogP contribution is -2.30. The van der Waals surface area contributed by atoms with E-state index in [9.17, 15) is 0 Å². The summed E-state index contributed by atoms with van der Waals surface area (Å²) in [4.78, 5) is 2.16. The molecule has 0 radical (unpaired) electrons. The number of benzene rings is 1. The molecule has 0 aromatic heterocycles. The molecule has 0 bridgehead atoms. The van der Waals surface area contributed by atoms with Gasteiger partial charge in [0, 0.05) is 19.2 Å². The fraction of sp³-hybridized carbons (Fsp3) is 0.600. The molecule has 0 spiro atoms. The molecule has 2 rings (SSSR count). The predicted molar refractivity (Wildman–Crippen MR) is 77.8 cm³/mol. The lowest BCUT2D eigenvalue weighted by molar-refractivity contribution is 0.0875. The Morgan fingerprint density at radius 2 is 2.26 bits per heavy atom. The smallest absolute Gasteiger partial charge is 0.141 e. The quantitative estimate of drug-likeness (QED) is 0.885. The molecule has 1 saturated heterocycles. The van der Waals surface area contributed by atoms with Crippen LogP contribution >= 0.6 is 0 Å². The first kappa shape index (κ1) is 14.2. The van der Waals surface area contributed by atoms with E-state index in [4.69, 9.17) is 9.47 Å². The molecular weight excluding hydrogens is 240 g/mol. The number of nitrogens with one attached hydrogen (secondary N) is 1. The van der Waals surface area contributed by atoms with Gasteiger partial charge in [-0.15, -0.1) is 0 Å². The fourth-order valence-electron chi connectivity index (χ4n) is 2.41. The van der Waals surface area contributed by atoms with Gasteiger partial charge in [0.15, 0.2) is 0 Å². The Balaban J connectivity index is 2.10. The van der Waals surface area contributed by atoms with Crippen LogP contribution in [0.25, 0.3) is 0 Å². The minimum absolute atomic E-state index is 0.386. The molecule has 0 amide bonds. The third-order valence-corrected chi connectivity index (χ3v) is 3.28. The maximum absolute atomic E-state index is 5.51. The van der Waals surface area contributed by atoms with Crippen molar-refractivity contribution in [3.05, 3.63) is 23.8 Å². The third-order valence-electron chi connectivity index (χ3n) is 3.28. The molecule has 1 heterocycles. The lowest BCUT2D eigenvalue weighted by atomic mass is 10.1. The number of hydrogen-bond donors (Lipinski definition) is 1. The Kier molecular flexibility index (Phi) is 5.05. The molecule has 1 unspecified atom stereocenters. The molecule has 0 saturated carbocycles. The second-order valence-electron chi connectivity index (χ2n) is 5.33.